The van der Waals surface area contributed by atoms with Gasteiger partial charge in [-0.15, -0.1) is 0 Å². The second kappa shape index (κ2) is 11.2. The van der Waals surface area contributed by atoms with Gasteiger partial charge in [0.05, 0.1) is 24.9 Å². The predicted octanol–water partition coefficient (Wildman–Crippen LogP) is 4.03. The summed E-state index contributed by atoms with van der Waals surface area (Å²) in [6.45, 7) is 6.82. The zero-order valence-corrected chi connectivity index (χ0v) is 22.0. The largest absolute Gasteiger partial charge is 0.482 e. The molecule has 1 aromatic carbocycles. The Labute approximate surface area is 219 Å². The van der Waals surface area contributed by atoms with Gasteiger partial charge in [-0.3, -0.25) is 4.68 Å². The molecule has 3 rings (SSSR count). The Morgan fingerprint density at radius 2 is 2.00 bits per heavy atom. The van der Waals surface area contributed by atoms with Gasteiger partial charge in [0, 0.05) is 29.9 Å². The molecule has 3 N–H and O–H groups in total. The Bertz CT molecular complexity index is 1410. The molecule has 0 aliphatic heterocycles. The minimum absolute atomic E-state index is 0.0253. The van der Waals surface area contributed by atoms with E-state index in [1.165, 1.54) is 30.1 Å². The SMILES string of the molecule is COC(=O)c1ccc(F)cc1[C@@H](C)Oc1cc(-c2c(CNC(=O)OC(C)(C)C)nn(C)c2C#N)cnc1N. The Balaban J connectivity index is 1.97. The maximum atomic E-state index is 14.0. The van der Waals surface area contributed by atoms with Gasteiger partial charge in [-0.25, -0.2) is 19.0 Å². The second-order valence-corrected chi connectivity index (χ2v) is 9.35. The number of nitrogens with one attached hydrogen (secondary N) is 1. The monoisotopic (exact) mass is 524 g/mol. The van der Waals surface area contributed by atoms with Gasteiger partial charge in [0.15, 0.2) is 11.6 Å². The van der Waals surface area contributed by atoms with Crippen LogP contribution in [0.5, 0.6) is 5.75 Å². The number of anilines is 1. The Morgan fingerprint density at radius 1 is 1.29 bits per heavy atom. The molecule has 1 amide bonds. The van der Waals surface area contributed by atoms with Crippen molar-refractivity contribution in [1.29, 1.82) is 5.26 Å². The van der Waals surface area contributed by atoms with Crippen molar-refractivity contribution in [2.24, 2.45) is 7.05 Å². The average molecular weight is 525 g/mol. The number of pyridine rings is 1. The molecular formula is C26H29FN6O5. The van der Waals surface area contributed by atoms with Crippen LogP contribution in [-0.2, 0) is 23.1 Å². The van der Waals surface area contributed by atoms with E-state index in [4.69, 9.17) is 19.9 Å². The van der Waals surface area contributed by atoms with Crippen molar-refractivity contribution in [1.82, 2.24) is 20.1 Å². The van der Waals surface area contributed by atoms with E-state index < -0.39 is 29.6 Å². The van der Waals surface area contributed by atoms with Crippen molar-refractivity contribution in [3.8, 4) is 22.9 Å². The van der Waals surface area contributed by atoms with Crippen LogP contribution in [0.2, 0.25) is 0 Å². The van der Waals surface area contributed by atoms with E-state index in [1.54, 1.807) is 40.8 Å². The highest BCUT2D eigenvalue weighted by molar-refractivity contribution is 5.91. The number of ether oxygens (including phenoxy) is 3. The first-order valence-electron chi connectivity index (χ1n) is 11.6. The van der Waals surface area contributed by atoms with Crippen LogP contribution in [0.1, 0.15) is 61.1 Å². The maximum Gasteiger partial charge on any atom is 0.407 e. The highest BCUT2D eigenvalue weighted by atomic mass is 19.1. The lowest BCUT2D eigenvalue weighted by Crippen LogP contribution is -2.32. The zero-order valence-electron chi connectivity index (χ0n) is 22.0. The second-order valence-electron chi connectivity index (χ2n) is 9.35. The van der Waals surface area contributed by atoms with Crippen molar-refractivity contribution in [2.45, 2.75) is 45.9 Å². The molecule has 200 valence electrons. The fourth-order valence-corrected chi connectivity index (χ4v) is 3.71. The standard InChI is InChI=1S/C26H29FN6O5/c1-14(18-10-16(27)7-8-17(18)24(34)36-6)37-21-9-15(12-30-23(21)29)22-19(32-33(5)20(22)11-28)13-31-25(35)38-26(2,3)4/h7-10,12,14H,13H2,1-6H3,(H2,29,30)(H,31,35)/t14-/m1/s1. The summed E-state index contributed by atoms with van der Waals surface area (Å²) in [4.78, 5) is 28.6. The number of benzene rings is 1. The molecule has 2 aromatic heterocycles. The average Bonchev–Trinajstić information content (AvgIpc) is 3.17. The summed E-state index contributed by atoms with van der Waals surface area (Å²) in [5.41, 5.74) is 7.22. The molecule has 0 radical (unpaired) electrons. The van der Waals surface area contributed by atoms with Crippen LogP contribution >= 0.6 is 0 Å². The molecule has 11 nitrogen and oxygen atoms in total. The summed E-state index contributed by atoms with van der Waals surface area (Å²) in [5, 5.41) is 16.8. The topological polar surface area (TPSA) is 154 Å². The molecule has 38 heavy (non-hydrogen) atoms. The summed E-state index contributed by atoms with van der Waals surface area (Å²) in [7, 11) is 2.82. The number of methoxy groups -OCH3 is 1. The molecule has 0 fully saturated rings. The number of aromatic nitrogens is 3. The summed E-state index contributed by atoms with van der Waals surface area (Å²) < 4.78 is 31.5. The normalized spacial score (nSPS) is 11.8. The van der Waals surface area contributed by atoms with Gasteiger partial charge < -0.3 is 25.3 Å². The predicted molar refractivity (Wildman–Crippen MR) is 135 cm³/mol. The van der Waals surface area contributed by atoms with Gasteiger partial charge >= 0.3 is 12.1 Å². The van der Waals surface area contributed by atoms with Crippen LogP contribution in [-0.4, -0.2) is 39.5 Å². The Morgan fingerprint density at radius 3 is 2.63 bits per heavy atom. The van der Waals surface area contributed by atoms with Crippen molar-refractivity contribution in [3.63, 3.8) is 0 Å². The van der Waals surface area contributed by atoms with Gasteiger partial charge in [-0.05, 0) is 52.0 Å². The van der Waals surface area contributed by atoms with Crippen LogP contribution in [0, 0.1) is 17.1 Å². The quantitative estimate of drug-likeness (QED) is 0.436. The van der Waals surface area contributed by atoms with E-state index in [2.05, 4.69) is 21.5 Å². The molecule has 0 spiro atoms. The first-order valence-corrected chi connectivity index (χ1v) is 11.6. The maximum absolute atomic E-state index is 14.0. The third-order valence-corrected chi connectivity index (χ3v) is 5.36. The zero-order chi connectivity index (χ0) is 28.2. The Hall–Kier alpha value is -4.66. The lowest BCUT2D eigenvalue weighted by molar-refractivity contribution is 0.0521. The number of halogens is 1. The fraction of sp³-hybridized carbons (Fsp3) is 0.346. The molecule has 12 heteroatoms. The number of nitrogens with zero attached hydrogens (tertiary/aromatic N) is 4. The summed E-state index contributed by atoms with van der Waals surface area (Å²) >= 11 is 0. The van der Waals surface area contributed by atoms with Crippen molar-refractivity contribution >= 4 is 17.9 Å². The minimum Gasteiger partial charge on any atom is -0.482 e. The van der Waals surface area contributed by atoms with E-state index in [1.807, 2.05) is 0 Å². The molecule has 1 atom stereocenters. The van der Waals surface area contributed by atoms with E-state index >= 15 is 0 Å². The van der Waals surface area contributed by atoms with E-state index in [0.29, 0.717) is 16.8 Å². The molecule has 2 heterocycles. The van der Waals surface area contributed by atoms with E-state index in [0.717, 1.165) is 6.07 Å². The van der Waals surface area contributed by atoms with Crippen molar-refractivity contribution in [2.75, 3.05) is 12.8 Å². The molecule has 0 aliphatic rings. The number of nitriles is 1. The van der Waals surface area contributed by atoms with Crippen LogP contribution in [0.3, 0.4) is 0 Å². The number of alkyl carbamates (subject to hydrolysis) is 1. The third-order valence-electron chi connectivity index (χ3n) is 5.36. The third kappa shape index (κ3) is 6.36. The first kappa shape index (κ1) is 27.9. The van der Waals surface area contributed by atoms with Gasteiger partial charge in [0.1, 0.15) is 29.3 Å². The number of carbonyl (C=O) groups is 2. The van der Waals surface area contributed by atoms with E-state index in [9.17, 15) is 19.2 Å². The summed E-state index contributed by atoms with van der Waals surface area (Å²) in [5.74, 6) is -1.04. The van der Waals surface area contributed by atoms with Crippen LogP contribution in [0.15, 0.2) is 30.5 Å². The van der Waals surface area contributed by atoms with Gasteiger partial charge in [0.25, 0.3) is 0 Å². The molecular weight excluding hydrogens is 495 g/mol. The number of hydrogen-bond donors (Lipinski definition) is 2. The Kier molecular flexibility index (Phi) is 8.20. The molecule has 3 aromatic rings. The van der Waals surface area contributed by atoms with Gasteiger partial charge in [-0.1, -0.05) is 0 Å². The van der Waals surface area contributed by atoms with Gasteiger partial charge in [0.2, 0.25) is 0 Å². The highest BCUT2D eigenvalue weighted by Crippen LogP contribution is 2.34. The lowest BCUT2D eigenvalue weighted by atomic mass is 10.0. The number of aryl methyl sites for hydroxylation is 1. The number of nitrogens with two attached hydrogens (primary N) is 1. The molecule has 0 saturated carbocycles. The van der Waals surface area contributed by atoms with Crippen LogP contribution in [0.25, 0.3) is 11.1 Å². The number of nitrogen functional groups attached to an aromatic ring is 1. The number of carbonyl (C=O) groups excluding carboxylic acids is 2. The number of amides is 1. The van der Waals surface area contributed by atoms with Crippen molar-refractivity contribution in [3.05, 3.63) is 58.8 Å². The molecule has 0 aliphatic carbocycles. The number of hydrogen-bond acceptors (Lipinski definition) is 9. The van der Waals surface area contributed by atoms with Gasteiger partial charge in [-0.2, -0.15) is 10.4 Å². The molecule has 0 saturated heterocycles. The summed E-state index contributed by atoms with van der Waals surface area (Å²) in [6, 6.07) is 7.31. The van der Waals surface area contributed by atoms with Crippen molar-refractivity contribution < 1.29 is 28.2 Å². The number of rotatable bonds is 7. The lowest BCUT2D eigenvalue weighted by Gasteiger charge is -2.20. The number of esters is 1. The smallest absolute Gasteiger partial charge is 0.407 e. The molecule has 0 unspecified atom stereocenters. The van der Waals surface area contributed by atoms with E-state index in [-0.39, 0.29) is 34.9 Å². The van der Waals surface area contributed by atoms with Crippen LogP contribution < -0.4 is 15.8 Å². The minimum atomic E-state index is -0.822. The highest BCUT2D eigenvalue weighted by Gasteiger charge is 2.24. The fourth-order valence-electron chi connectivity index (χ4n) is 3.71. The first-order chi connectivity index (χ1) is 17.8. The molecule has 0 bridgehead atoms. The summed E-state index contributed by atoms with van der Waals surface area (Å²) in [6.07, 6.45) is -0.0156. The van der Waals surface area contributed by atoms with Crippen LogP contribution in [0.4, 0.5) is 15.0 Å².